The van der Waals surface area contributed by atoms with E-state index in [9.17, 15) is 18.0 Å². The zero-order valence-corrected chi connectivity index (χ0v) is 23.9. The third-order valence-corrected chi connectivity index (χ3v) is 8.53. The van der Waals surface area contributed by atoms with Crippen molar-refractivity contribution < 1.29 is 22.7 Å². The van der Waals surface area contributed by atoms with Crippen LogP contribution in [-0.2, 0) is 26.2 Å². The first-order valence-electron chi connectivity index (χ1n) is 12.9. The molecule has 0 aliphatic rings. The predicted octanol–water partition coefficient (Wildman–Crippen LogP) is 4.53. The van der Waals surface area contributed by atoms with E-state index in [1.165, 1.54) is 24.1 Å². The molecule has 0 aromatic heterocycles. The van der Waals surface area contributed by atoms with Gasteiger partial charge in [-0.25, -0.2) is 8.42 Å². The Kier molecular flexibility index (Phi) is 10.1. The second kappa shape index (κ2) is 13.3. The molecule has 0 unspecified atom stereocenters. The summed E-state index contributed by atoms with van der Waals surface area (Å²) in [6.07, 6.45) is 0.741. The molecule has 39 heavy (non-hydrogen) atoms. The highest BCUT2D eigenvalue weighted by molar-refractivity contribution is 7.92. The van der Waals surface area contributed by atoms with Crippen LogP contribution in [0.5, 0.6) is 5.75 Å². The highest BCUT2D eigenvalue weighted by atomic mass is 32.2. The molecule has 0 aliphatic carbocycles. The normalized spacial score (nSPS) is 12.7. The molecule has 0 bridgehead atoms. The van der Waals surface area contributed by atoms with Crippen LogP contribution in [0.25, 0.3) is 0 Å². The second-order valence-electron chi connectivity index (χ2n) is 9.46. The van der Waals surface area contributed by atoms with Crippen molar-refractivity contribution in [3.63, 3.8) is 0 Å². The number of hydrogen-bond acceptors (Lipinski definition) is 5. The Hall–Kier alpha value is -3.85. The van der Waals surface area contributed by atoms with Crippen molar-refractivity contribution in [2.45, 2.75) is 57.6 Å². The summed E-state index contributed by atoms with van der Waals surface area (Å²) < 4.78 is 33.9. The van der Waals surface area contributed by atoms with Crippen molar-refractivity contribution in [1.29, 1.82) is 0 Å². The Balaban J connectivity index is 2.02. The molecule has 2 atom stereocenters. The summed E-state index contributed by atoms with van der Waals surface area (Å²) in [5, 5.41) is 2.94. The number of aryl methyl sites for hydroxylation is 1. The Labute approximate surface area is 231 Å². The lowest BCUT2D eigenvalue weighted by Gasteiger charge is -2.32. The molecule has 1 N–H and O–H groups in total. The lowest BCUT2D eigenvalue weighted by molar-refractivity contribution is -0.139. The first-order chi connectivity index (χ1) is 18.6. The number of nitrogens with zero attached hydrogens (tertiary/aromatic N) is 2. The fourth-order valence-electron chi connectivity index (χ4n) is 4.02. The van der Waals surface area contributed by atoms with E-state index >= 15 is 0 Å². The summed E-state index contributed by atoms with van der Waals surface area (Å²) in [6.45, 7) is 7.13. The topological polar surface area (TPSA) is 96.0 Å². The van der Waals surface area contributed by atoms with Crippen molar-refractivity contribution in [3.8, 4) is 5.75 Å². The quantitative estimate of drug-likeness (QED) is 0.357. The minimum absolute atomic E-state index is 0.0571. The lowest BCUT2D eigenvalue weighted by Crippen LogP contribution is -2.52. The molecule has 208 valence electrons. The lowest BCUT2D eigenvalue weighted by atomic mass is 10.1. The summed E-state index contributed by atoms with van der Waals surface area (Å²) in [4.78, 5) is 28.6. The molecule has 2 amide bonds. The van der Waals surface area contributed by atoms with Crippen LogP contribution in [0.3, 0.4) is 0 Å². The van der Waals surface area contributed by atoms with E-state index in [1.54, 1.807) is 49.4 Å². The van der Waals surface area contributed by atoms with Gasteiger partial charge < -0.3 is 15.0 Å². The Morgan fingerprint density at radius 3 is 2.13 bits per heavy atom. The van der Waals surface area contributed by atoms with E-state index in [0.29, 0.717) is 11.4 Å². The molecular weight excluding hydrogens is 514 g/mol. The number of anilines is 1. The molecule has 0 spiro atoms. The number of amides is 2. The maximum Gasteiger partial charge on any atom is 0.264 e. The molecule has 9 heteroatoms. The average Bonchev–Trinajstić information content (AvgIpc) is 2.95. The number of carbonyl (C=O) groups is 2. The van der Waals surface area contributed by atoms with Gasteiger partial charge in [0.05, 0.1) is 17.7 Å². The Bertz CT molecular complexity index is 1360. The average molecular weight is 552 g/mol. The number of methoxy groups -OCH3 is 1. The third-order valence-electron chi connectivity index (χ3n) is 6.74. The summed E-state index contributed by atoms with van der Waals surface area (Å²) in [5.41, 5.74) is 2.14. The first kappa shape index (κ1) is 29.7. The van der Waals surface area contributed by atoms with Gasteiger partial charge in [-0.3, -0.25) is 13.9 Å². The molecule has 0 saturated heterocycles. The molecule has 3 rings (SSSR count). The fourth-order valence-corrected chi connectivity index (χ4v) is 5.45. The van der Waals surface area contributed by atoms with Crippen molar-refractivity contribution in [3.05, 3.63) is 90.0 Å². The fraction of sp³-hybridized carbons (Fsp3) is 0.333. The van der Waals surface area contributed by atoms with Gasteiger partial charge in [-0.1, -0.05) is 49.4 Å². The molecule has 0 heterocycles. The van der Waals surface area contributed by atoms with E-state index in [2.05, 4.69) is 5.32 Å². The van der Waals surface area contributed by atoms with Gasteiger partial charge >= 0.3 is 0 Å². The van der Waals surface area contributed by atoms with Crippen LogP contribution in [-0.4, -0.2) is 50.9 Å². The monoisotopic (exact) mass is 551 g/mol. The SMILES string of the molecule is CC[C@H](C)NC(=O)[C@@H](C)N(Cc1ccccc1C)C(=O)CN(c1ccc(OC)cc1)S(=O)(=O)c1ccccc1. The number of nitrogens with one attached hydrogen (secondary N) is 1. The standard InChI is InChI=1S/C30H37N3O5S/c1-6-23(3)31-30(35)24(4)32(20-25-13-11-10-12-22(25)2)29(34)21-33(26-16-18-27(38-5)19-17-26)39(36,37)28-14-8-7-9-15-28/h7-19,23-24H,6,20-21H2,1-5H3,(H,31,35)/t23-,24+/m0/s1. The molecule has 8 nitrogen and oxygen atoms in total. The number of rotatable bonds is 12. The zero-order chi connectivity index (χ0) is 28.6. The van der Waals surface area contributed by atoms with Crippen LogP contribution in [0.15, 0.2) is 83.8 Å². The molecule has 0 saturated carbocycles. The Morgan fingerprint density at radius 2 is 1.54 bits per heavy atom. The Morgan fingerprint density at radius 1 is 0.923 bits per heavy atom. The van der Waals surface area contributed by atoms with Gasteiger partial charge in [0.1, 0.15) is 18.3 Å². The third kappa shape index (κ3) is 7.38. The zero-order valence-electron chi connectivity index (χ0n) is 23.1. The largest absolute Gasteiger partial charge is 0.497 e. The van der Waals surface area contributed by atoms with E-state index in [4.69, 9.17) is 4.74 Å². The van der Waals surface area contributed by atoms with E-state index in [-0.39, 0.29) is 23.4 Å². The molecule has 3 aromatic carbocycles. The van der Waals surface area contributed by atoms with Gasteiger partial charge in [0.25, 0.3) is 10.0 Å². The van der Waals surface area contributed by atoms with Crippen LogP contribution < -0.4 is 14.4 Å². The maximum absolute atomic E-state index is 14.0. The van der Waals surface area contributed by atoms with E-state index < -0.39 is 28.5 Å². The van der Waals surface area contributed by atoms with Crippen LogP contribution in [0.2, 0.25) is 0 Å². The first-order valence-corrected chi connectivity index (χ1v) is 14.4. The van der Waals surface area contributed by atoms with Gasteiger partial charge in [-0.15, -0.1) is 0 Å². The molecule has 0 aliphatic heterocycles. The number of ether oxygens (including phenoxy) is 1. The van der Waals surface area contributed by atoms with E-state index in [1.807, 2.05) is 45.0 Å². The molecular formula is C30H37N3O5S. The van der Waals surface area contributed by atoms with Crippen molar-refractivity contribution in [2.75, 3.05) is 18.0 Å². The molecule has 0 radical (unpaired) electrons. The van der Waals surface area contributed by atoms with Crippen molar-refractivity contribution >= 4 is 27.5 Å². The highest BCUT2D eigenvalue weighted by Gasteiger charge is 2.33. The smallest absolute Gasteiger partial charge is 0.264 e. The predicted molar refractivity (Wildman–Crippen MR) is 153 cm³/mol. The molecule has 0 fully saturated rings. The highest BCUT2D eigenvalue weighted by Crippen LogP contribution is 2.26. The van der Waals surface area contributed by atoms with E-state index in [0.717, 1.165) is 21.9 Å². The molecule has 3 aromatic rings. The van der Waals surface area contributed by atoms with Crippen LogP contribution in [0.1, 0.15) is 38.3 Å². The number of benzene rings is 3. The summed E-state index contributed by atoms with van der Waals surface area (Å²) in [7, 11) is -2.59. The summed E-state index contributed by atoms with van der Waals surface area (Å²) in [6, 6.07) is 21.2. The van der Waals surface area contributed by atoms with Crippen molar-refractivity contribution in [2.24, 2.45) is 0 Å². The van der Waals surface area contributed by atoms with Gasteiger partial charge in [0.15, 0.2) is 0 Å². The summed E-state index contributed by atoms with van der Waals surface area (Å²) >= 11 is 0. The minimum Gasteiger partial charge on any atom is -0.497 e. The van der Waals surface area contributed by atoms with Gasteiger partial charge in [-0.05, 0) is 74.7 Å². The second-order valence-corrected chi connectivity index (χ2v) is 11.3. The van der Waals surface area contributed by atoms with Gasteiger partial charge in [0.2, 0.25) is 11.8 Å². The van der Waals surface area contributed by atoms with Crippen LogP contribution >= 0.6 is 0 Å². The maximum atomic E-state index is 14.0. The summed E-state index contributed by atoms with van der Waals surface area (Å²) in [5.74, 6) is -0.243. The van der Waals surface area contributed by atoms with Crippen LogP contribution in [0, 0.1) is 6.92 Å². The number of carbonyl (C=O) groups excluding carboxylic acids is 2. The van der Waals surface area contributed by atoms with Gasteiger partial charge in [-0.2, -0.15) is 0 Å². The number of sulfonamides is 1. The van der Waals surface area contributed by atoms with Gasteiger partial charge in [0, 0.05) is 12.6 Å². The number of hydrogen-bond donors (Lipinski definition) is 1. The van der Waals surface area contributed by atoms with Crippen LogP contribution in [0.4, 0.5) is 5.69 Å². The van der Waals surface area contributed by atoms with Crippen molar-refractivity contribution in [1.82, 2.24) is 10.2 Å². The minimum atomic E-state index is -4.11.